The van der Waals surface area contributed by atoms with Crippen molar-refractivity contribution < 1.29 is 9.59 Å². The van der Waals surface area contributed by atoms with Gasteiger partial charge in [-0.1, -0.05) is 0 Å². The fourth-order valence-corrected chi connectivity index (χ4v) is 2.60. The Kier molecular flexibility index (Phi) is 4.17. The molecule has 6 nitrogen and oxygen atoms in total. The summed E-state index contributed by atoms with van der Waals surface area (Å²) in [6.45, 7) is 7.61. The van der Waals surface area contributed by atoms with Crippen LogP contribution in [0.1, 0.15) is 20.8 Å². The third-order valence-corrected chi connectivity index (χ3v) is 4.07. The molecule has 1 aliphatic heterocycles. The second-order valence-electron chi connectivity index (χ2n) is 5.46. The van der Waals surface area contributed by atoms with Crippen molar-refractivity contribution in [3.63, 3.8) is 0 Å². The van der Waals surface area contributed by atoms with Crippen molar-refractivity contribution in [2.75, 3.05) is 26.2 Å². The van der Waals surface area contributed by atoms with Gasteiger partial charge in [-0.05, 0) is 29.8 Å². The number of piperazine rings is 1. The van der Waals surface area contributed by atoms with Gasteiger partial charge in [0.1, 0.15) is 5.54 Å². The molecule has 1 aromatic rings. The predicted octanol–water partition coefficient (Wildman–Crippen LogP) is 1.07. The average molecular weight is 343 g/mol. The Hall–Kier alpha value is -1.37. The minimum Gasteiger partial charge on any atom is -0.339 e. The van der Waals surface area contributed by atoms with Crippen molar-refractivity contribution in [3.8, 4) is 0 Å². The molecule has 2 rings (SSSR count). The molecule has 0 radical (unpaired) electrons. The van der Waals surface area contributed by atoms with Gasteiger partial charge >= 0.3 is 0 Å². The van der Waals surface area contributed by atoms with Crippen molar-refractivity contribution in [1.29, 1.82) is 0 Å². The molecular formula is C13H19BrN4O2. The largest absolute Gasteiger partial charge is 0.339 e. The van der Waals surface area contributed by atoms with Crippen LogP contribution in [0.2, 0.25) is 0 Å². The Balaban J connectivity index is 2.06. The van der Waals surface area contributed by atoms with Gasteiger partial charge < -0.3 is 9.80 Å². The van der Waals surface area contributed by atoms with Crippen LogP contribution >= 0.6 is 15.9 Å². The normalized spacial score (nSPS) is 16.4. The van der Waals surface area contributed by atoms with Gasteiger partial charge in [-0.25, -0.2) is 0 Å². The van der Waals surface area contributed by atoms with E-state index in [1.54, 1.807) is 33.8 Å². The minimum absolute atomic E-state index is 0.0244. The maximum Gasteiger partial charge on any atom is 0.250 e. The molecule has 0 aliphatic carbocycles. The fraction of sp³-hybridized carbons (Fsp3) is 0.615. The molecule has 0 atom stereocenters. The zero-order valence-electron chi connectivity index (χ0n) is 12.0. The van der Waals surface area contributed by atoms with Crippen LogP contribution in [0.5, 0.6) is 0 Å². The number of amides is 2. The minimum atomic E-state index is -0.732. The first kappa shape index (κ1) is 15.0. The first-order valence-electron chi connectivity index (χ1n) is 6.58. The molecule has 0 spiro atoms. The van der Waals surface area contributed by atoms with E-state index in [0.29, 0.717) is 26.2 Å². The van der Waals surface area contributed by atoms with E-state index in [2.05, 4.69) is 21.0 Å². The van der Waals surface area contributed by atoms with Gasteiger partial charge in [0.25, 0.3) is 0 Å². The fourth-order valence-electron chi connectivity index (χ4n) is 2.32. The van der Waals surface area contributed by atoms with Gasteiger partial charge in [-0.15, -0.1) is 0 Å². The van der Waals surface area contributed by atoms with Crippen LogP contribution in [0.4, 0.5) is 0 Å². The summed E-state index contributed by atoms with van der Waals surface area (Å²) < 4.78 is 2.51. The van der Waals surface area contributed by atoms with Crippen molar-refractivity contribution in [3.05, 3.63) is 16.9 Å². The first-order chi connectivity index (χ1) is 9.32. The average Bonchev–Trinajstić information content (AvgIpc) is 2.85. The molecular weight excluding hydrogens is 324 g/mol. The molecule has 1 aromatic heterocycles. The van der Waals surface area contributed by atoms with E-state index in [9.17, 15) is 9.59 Å². The molecule has 0 N–H and O–H groups in total. The predicted molar refractivity (Wildman–Crippen MR) is 78.1 cm³/mol. The highest BCUT2D eigenvalue weighted by atomic mass is 79.9. The third-order valence-electron chi connectivity index (χ3n) is 3.66. The highest BCUT2D eigenvalue weighted by molar-refractivity contribution is 9.10. The van der Waals surface area contributed by atoms with Crippen molar-refractivity contribution in [2.45, 2.75) is 26.3 Å². The number of carbonyl (C=O) groups is 2. The molecule has 2 heterocycles. The van der Waals surface area contributed by atoms with Crippen LogP contribution in [0.25, 0.3) is 0 Å². The highest BCUT2D eigenvalue weighted by Gasteiger charge is 2.36. The van der Waals surface area contributed by atoms with Crippen LogP contribution in [0.3, 0.4) is 0 Å². The number of nitrogens with zero attached hydrogens (tertiary/aromatic N) is 4. The van der Waals surface area contributed by atoms with Gasteiger partial charge in [-0.2, -0.15) is 5.10 Å². The zero-order chi connectivity index (χ0) is 14.9. The Morgan fingerprint density at radius 1 is 1.20 bits per heavy atom. The molecule has 20 heavy (non-hydrogen) atoms. The molecule has 0 aromatic carbocycles. The van der Waals surface area contributed by atoms with Crippen LogP contribution in [-0.4, -0.2) is 57.6 Å². The van der Waals surface area contributed by atoms with Crippen LogP contribution in [-0.2, 0) is 15.1 Å². The summed E-state index contributed by atoms with van der Waals surface area (Å²) in [5.41, 5.74) is -0.732. The summed E-state index contributed by atoms with van der Waals surface area (Å²) in [4.78, 5) is 27.5. The highest BCUT2D eigenvalue weighted by Crippen LogP contribution is 2.21. The second kappa shape index (κ2) is 5.55. The Morgan fingerprint density at radius 2 is 1.75 bits per heavy atom. The second-order valence-corrected chi connectivity index (χ2v) is 6.38. The lowest BCUT2D eigenvalue weighted by Gasteiger charge is -2.38. The molecule has 1 saturated heterocycles. The lowest BCUT2D eigenvalue weighted by atomic mass is 10.0. The molecule has 7 heteroatoms. The van der Waals surface area contributed by atoms with Gasteiger partial charge in [-0.3, -0.25) is 14.3 Å². The van der Waals surface area contributed by atoms with E-state index in [-0.39, 0.29) is 11.8 Å². The van der Waals surface area contributed by atoms with Crippen molar-refractivity contribution in [1.82, 2.24) is 19.6 Å². The van der Waals surface area contributed by atoms with Gasteiger partial charge in [0, 0.05) is 39.3 Å². The lowest BCUT2D eigenvalue weighted by Crippen LogP contribution is -2.55. The Morgan fingerprint density at radius 3 is 2.20 bits per heavy atom. The monoisotopic (exact) mass is 342 g/mol. The number of carbonyl (C=O) groups excluding carboxylic acids is 2. The number of rotatable bonds is 2. The third kappa shape index (κ3) is 2.87. The van der Waals surface area contributed by atoms with E-state index >= 15 is 0 Å². The Labute approximate surface area is 126 Å². The summed E-state index contributed by atoms with van der Waals surface area (Å²) in [5.74, 6) is 0.0867. The SMILES string of the molecule is CC(=O)N1CCN(C(=O)C(C)(C)n2cc(Br)cn2)CC1. The molecule has 2 amide bonds. The van der Waals surface area contributed by atoms with Crippen LogP contribution in [0, 0.1) is 0 Å². The number of hydrogen-bond donors (Lipinski definition) is 0. The standard InChI is InChI=1S/C13H19BrN4O2/c1-10(19)16-4-6-17(7-5-16)12(20)13(2,3)18-9-11(14)8-15-18/h8-9H,4-7H2,1-3H3. The van der Waals surface area contributed by atoms with Gasteiger partial charge in [0.2, 0.25) is 11.8 Å². The number of halogens is 1. The summed E-state index contributed by atoms with van der Waals surface area (Å²) in [5, 5.41) is 4.20. The number of hydrogen-bond acceptors (Lipinski definition) is 3. The van der Waals surface area contributed by atoms with E-state index in [4.69, 9.17) is 0 Å². The molecule has 1 fully saturated rings. The molecule has 0 bridgehead atoms. The van der Waals surface area contributed by atoms with Crippen LogP contribution < -0.4 is 0 Å². The van der Waals surface area contributed by atoms with E-state index < -0.39 is 5.54 Å². The van der Waals surface area contributed by atoms with E-state index in [1.807, 2.05) is 13.8 Å². The van der Waals surface area contributed by atoms with Crippen molar-refractivity contribution >= 4 is 27.7 Å². The van der Waals surface area contributed by atoms with E-state index in [1.165, 1.54) is 0 Å². The zero-order valence-corrected chi connectivity index (χ0v) is 13.6. The lowest BCUT2D eigenvalue weighted by molar-refractivity contribution is -0.144. The summed E-state index contributed by atoms with van der Waals surface area (Å²) in [7, 11) is 0. The molecule has 1 aliphatic rings. The van der Waals surface area contributed by atoms with Crippen molar-refractivity contribution in [2.24, 2.45) is 0 Å². The maximum absolute atomic E-state index is 12.7. The smallest absolute Gasteiger partial charge is 0.250 e. The maximum atomic E-state index is 12.7. The van der Waals surface area contributed by atoms with E-state index in [0.717, 1.165) is 4.47 Å². The summed E-state index contributed by atoms with van der Waals surface area (Å²) in [6, 6.07) is 0. The van der Waals surface area contributed by atoms with Crippen LogP contribution in [0.15, 0.2) is 16.9 Å². The topological polar surface area (TPSA) is 58.4 Å². The number of aromatic nitrogens is 2. The van der Waals surface area contributed by atoms with Gasteiger partial charge in [0.15, 0.2) is 0 Å². The molecule has 0 unspecified atom stereocenters. The van der Waals surface area contributed by atoms with Gasteiger partial charge in [0.05, 0.1) is 10.7 Å². The quantitative estimate of drug-likeness (QED) is 0.807. The Bertz CT molecular complexity index is 518. The summed E-state index contributed by atoms with van der Waals surface area (Å²) >= 11 is 3.34. The molecule has 110 valence electrons. The first-order valence-corrected chi connectivity index (χ1v) is 7.37. The summed E-state index contributed by atoms with van der Waals surface area (Å²) in [6.07, 6.45) is 3.46. The molecule has 0 saturated carbocycles.